The fraction of sp³-hybridized carbons (Fsp3) is 1.00. The number of hydrogen-bond donors (Lipinski definition) is 1. The third-order valence-electron chi connectivity index (χ3n) is 9.66. The van der Waals surface area contributed by atoms with E-state index >= 15 is 0 Å². The third kappa shape index (κ3) is 1.89. The van der Waals surface area contributed by atoms with Crippen LogP contribution in [0, 0.1) is 40.9 Å². The Morgan fingerprint density at radius 3 is 2.61 bits per heavy atom. The van der Waals surface area contributed by atoms with Gasteiger partial charge in [0.05, 0.1) is 6.10 Å². The molecule has 5 aliphatic rings. The summed E-state index contributed by atoms with van der Waals surface area (Å²) in [5.74, 6) is 5.43. The molecular formula is C21H35NO. The van der Waals surface area contributed by atoms with Crippen molar-refractivity contribution in [3.8, 4) is 0 Å². The van der Waals surface area contributed by atoms with Crippen molar-refractivity contribution in [2.24, 2.45) is 40.9 Å². The van der Waals surface area contributed by atoms with E-state index < -0.39 is 0 Å². The second-order valence-electron chi connectivity index (χ2n) is 10.4. The van der Waals surface area contributed by atoms with Crippen molar-refractivity contribution in [3.05, 3.63) is 0 Å². The Hall–Kier alpha value is -0.0800. The zero-order valence-corrected chi connectivity index (χ0v) is 15.3. The number of aliphatic hydroxyl groups is 1. The molecule has 5 rings (SSSR count). The number of nitrogens with zero attached hydrogens (tertiary/aromatic N) is 1. The van der Waals surface area contributed by atoms with Gasteiger partial charge in [-0.3, -0.25) is 0 Å². The molecule has 0 aromatic heterocycles. The molecule has 5 fully saturated rings. The SMILES string of the molecule is CN1CC2CC2C2C3CCC4C(O)CCCC4(C)C3CCC21C. The first-order valence-electron chi connectivity index (χ1n) is 10.3. The molecule has 2 heteroatoms. The van der Waals surface area contributed by atoms with Crippen LogP contribution in [0.15, 0.2) is 0 Å². The number of fused-ring (bicyclic) bond motifs is 7. The summed E-state index contributed by atoms with van der Waals surface area (Å²) in [6.45, 7) is 6.51. The number of hydrogen-bond acceptors (Lipinski definition) is 2. The predicted molar refractivity (Wildman–Crippen MR) is 93.0 cm³/mol. The molecule has 1 saturated heterocycles. The van der Waals surface area contributed by atoms with Crippen molar-refractivity contribution in [1.82, 2.24) is 4.90 Å². The lowest BCUT2D eigenvalue weighted by atomic mass is 9.44. The van der Waals surface area contributed by atoms with Crippen LogP contribution in [0.4, 0.5) is 0 Å². The zero-order valence-electron chi connectivity index (χ0n) is 15.3. The molecule has 4 aliphatic carbocycles. The minimum atomic E-state index is -0.00860. The highest BCUT2D eigenvalue weighted by atomic mass is 16.3. The summed E-state index contributed by atoms with van der Waals surface area (Å²) in [6, 6.07) is 0. The van der Waals surface area contributed by atoms with E-state index in [1.165, 1.54) is 51.5 Å². The van der Waals surface area contributed by atoms with E-state index in [4.69, 9.17) is 0 Å². The van der Waals surface area contributed by atoms with Crippen molar-refractivity contribution < 1.29 is 5.11 Å². The normalized spacial score (nSPS) is 61.8. The largest absolute Gasteiger partial charge is 0.393 e. The fourth-order valence-electron chi connectivity index (χ4n) is 8.32. The van der Waals surface area contributed by atoms with Gasteiger partial charge in [0.25, 0.3) is 0 Å². The number of aliphatic hydroxyl groups excluding tert-OH is 1. The summed E-state index contributed by atoms with van der Waals surface area (Å²) >= 11 is 0. The molecule has 2 nitrogen and oxygen atoms in total. The quantitative estimate of drug-likeness (QED) is 0.732. The minimum Gasteiger partial charge on any atom is -0.393 e. The van der Waals surface area contributed by atoms with Gasteiger partial charge in [-0.2, -0.15) is 0 Å². The molecule has 1 aliphatic heterocycles. The Kier molecular flexibility index (Phi) is 3.14. The van der Waals surface area contributed by atoms with Crippen LogP contribution in [0.3, 0.4) is 0 Å². The summed E-state index contributed by atoms with van der Waals surface area (Å²) in [7, 11) is 2.40. The Bertz CT molecular complexity index is 506. The van der Waals surface area contributed by atoms with Gasteiger partial charge < -0.3 is 10.0 Å². The van der Waals surface area contributed by atoms with Crippen molar-refractivity contribution in [2.75, 3.05) is 13.6 Å². The highest BCUT2D eigenvalue weighted by Gasteiger charge is 2.65. The van der Waals surface area contributed by atoms with Crippen LogP contribution < -0.4 is 0 Å². The molecule has 0 aromatic rings. The Labute approximate surface area is 142 Å². The van der Waals surface area contributed by atoms with E-state index in [1.54, 1.807) is 0 Å². The summed E-state index contributed by atoms with van der Waals surface area (Å²) < 4.78 is 0. The van der Waals surface area contributed by atoms with Crippen LogP contribution in [-0.4, -0.2) is 35.2 Å². The first-order chi connectivity index (χ1) is 10.9. The van der Waals surface area contributed by atoms with Crippen LogP contribution >= 0.6 is 0 Å². The fourth-order valence-corrected chi connectivity index (χ4v) is 8.32. The molecule has 130 valence electrons. The smallest absolute Gasteiger partial charge is 0.0573 e. The summed E-state index contributed by atoms with van der Waals surface area (Å²) in [5, 5.41) is 10.6. The third-order valence-corrected chi connectivity index (χ3v) is 9.66. The van der Waals surface area contributed by atoms with E-state index in [9.17, 15) is 5.11 Å². The lowest BCUT2D eigenvalue weighted by molar-refractivity contribution is -0.161. The number of piperidine rings is 1. The molecule has 1 heterocycles. The van der Waals surface area contributed by atoms with Gasteiger partial charge in [0.1, 0.15) is 0 Å². The summed E-state index contributed by atoms with van der Waals surface area (Å²) in [6.07, 6.45) is 10.7. The molecule has 4 saturated carbocycles. The van der Waals surface area contributed by atoms with Crippen molar-refractivity contribution in [2.45, 2.75) is 76.9 Å². The maximum absolute atomic E-state index is 10.6. The van der Waals surface area contributed by atoms with Crippen LogP contribution in [0.2, 0.25) is 0 Å². The van der Waals surface area contributed by atoms with Crippen molar-refractivity contribution >= 4 is 0 Å². The lowest BCUT2D eigenvalue weighted by Gasteiger charge is -2.64. The van der Waals surface area contributed by atoms with Crippen LogP contribution in [0.5, 0.6) is 0 Å². The van der Waals surface area contributed by atoms with Crippen molar-refractivity contribution in [1.29, 1.82) is 0 Å². The summed E-state index contributed by atoms with van der Waals surface area (Å²) in [4.78, 5) is 2.74. The molecule has 9 atom stereocenters. The van der Waals surface area contributed by atoms with E-state index in [0.717, 1.165) is 36.0 Å². The highest BCUT2D eigenvalue weighted by molar-refractivity contribution is 5.16. The van der Waals surface area contributed by atoms with E-state index in [-0.39, 0.29) is 6.10 Å². The second kappa shape index (κ2) is 4.75. The van der Waals surface area contributed by atoms with Gasteiger partial charge in [-0.25, -0.2) is 0 Å². The van der Waals surface area contributed by atoms with E-state index in [2.05, 4.69) is 25.8 Å². The zero-order chi connectivity index (χ0) is 16.0. The topological polar surface area (TPSA) is 23.5 Å². The molecule has 0 aromatic carbocycles. The molecule has 1 N–H and O–H groups in total. The van der Waals surface area contributed by atoms with Gasteiger partial charge in [0.2, 0.25) is 0 Å². The van der Waals surface area contributed by atoms with Crippen LogP contribution in [0.1, 0.15) is 65.2 Å². The first kappa shape index (κ1) is 15.2. The van der Waals surface area contributed by atoms with Gasteiger partial charge in [-0.05, 0) is 99.8 Å². The van der Waals surface area contributed by atoms with Gasteiger partial charge in [0, 0.05) is 12.1 Å². The average Bonchev–Trinajstić information content (AvgIpc) is 3.25. The van der Waals surface area contributed by atoms with Gasteiger partial charge in [-0.1, -0.05) is 13.3 Å². The molecule has 9 unspecified atom stereocenters. The summed E-state index contributed by atoms with van der Waals surface area (Å²) in [5.41, 5.74) is 0.900. The van der Waals surface area contributed by atoms with Gasteiger partial charge in [0.15, 0.2) is 0 Å². The van der Waals surface area contributed by atoms with Crippen molar-refractivity contribution in [3.63, 3.8) is 0 Å². The molecule has 0 bridgehead atoms. The minimum absolute atomic E-state index is 0.00860. The molecule has 0 amide bonds. The highest BCUT2D eigenvalue weighted by Crippen LogP contribution is 2.68. The van der Waals surface area contributed by atoms with Gasteiger partial charge >= 0.3 is 0 Å². The first-order valence-corrected chi connectivity index (χ1v) is 10.3. The molecular weight excluding hydrogens is 282 g/mol. The average molecular weight is 318 g/mol. The Morgan fingerprint density at radius 2 is 1.78 bits per heavy atom. The molecule has 0 radical (unpaired) electrons. The number of likely N-dealkylation sites (tertiary alicyclic amines) is 1. The standard InChI is InChI=1S/C21H35NO/c1-20-9-4-5-18(23)17(20)7-6-14-16(20)8-10-21(2)19(14)15-11-13(15)12-22(21)3/h13-19,23H,4-12H2,1-3H3. The maximum atomic E-state index is 10.6. The lowest BCUT2D eigenvalue weighted by Crippen LogP contribution is -2.64. The molecule has 0 spiro atoms. The van der Waals surface area contributed by atoms with Crippen LogP contribution in [-0.2, 0) is 0 Å². The van der Waals surface area contributed by atoms with E-state index in [1.807, 2.05) is 0 Å². The number of rotatable bonds is 0. The second-order valence-corrected chi connectivity index (χ2v) is 10.4. The monoisotopic (exact) mass is 317 g/mol. The maximum Gasteiger partial charge on any atom is 0.0573 e. The molecule has 23 heavy (non-hydrogen) atoms. The van der Waals surface area contributed by atoms with E-state index in [0.29, 0.717) is 16.9 Å². The Morgan fingerprint density at radius 1 is 0.957 bits per heavy atom. The Balaban J connectivity index is 1.50. The van der Waals surface area contributed by atoms with Gasteiger partial charge in [-0.15, -0.1) is 0 Å². The van der Waals surface area contributed by atoms with Crippen LogP contribution in [0.25, 0.3) is 0 Å². The predicted octanol–water partition coefficient (Wildman–Crippen LogP) is 3.93.